The second-order valence-electron chi connectivity index (χ2n) is 7.15. The molecule has 9 nitrogen and oxygen atoms in total. The number of aliphatic hydroxyl groups is 1. The summed E-state index contributed by atoms with van der Waals surface area (Å²) in [4.78, 5) is 12.6. The molecule has 5 atom stereocenters. The van der Waals surface area contributed by atoms with Crippen molar-refractivity contribution < 1.29 is 19.3 Å². The average molecular weight is 333 g/mol. The van der Waals surface area contributed by atoms with Gasteiger partial charge in [0.2, 0.25) is 0 Å². The summed E-state index contributed by atoms with van der Waals surface area (Å²) >= 11 is 0. The van der Waals surface area contributed by atoms with Crippen molar-refractivity contribution in [1.82, 2.24) is 19.5 Å². The number of nitrogens with zero attached hydrogens (tertiary/aromatic N) is 4. The maximum Gasteiger partial charge on any atom is 0.167 e. The van der Waals surface area contributed by atoms with Gasteiger partial charge in [0.05, 0.1) is 6.33 Å². The molecule has 3 N–H and O–H groups in total. The molecule has 0 amide bonds. The number of nitrogens with two attached hydrogens (primary N) is 1. The van der Waals surface area contributed by atoms with Crippen LogP contribution in [0.25, 0.3) is 11.2 Å². The molecule has 1 saturated carbocycles. The van der Waals surface area contributed by atoms with Crippen molar-refractivity contribution in [2.24, 2.45) is 5.92 Å². The minimum Gasteiger partial charge on any atom is -0.396 e. The Bertz CT molecular complexity index is 823. The Balaban J connectivity index is 1.59. The molecule has 9 heteroatoms. The van der Waals surface area contributed by atoms with Gasteiger partial charge in [0.15, 0.2) is 23.5 Å². The van der Waals surface area contributed by atoms with Crippen LogP contribution in [-0.4, -0.2) is 54.8 Å². The first-order valence-corrected chi connectivity index (χ1v) is 8.02. The number of anilines is 1. The van der Waals surface area contributed by atoms with E-state index in [0.29, 0.717) is 17.0 Å². The Morgan fingerprint density at radius 3 is 2.88 bits per heavy atom. The van der Waals surface area contributed by atoms with Gasteiger partial charge in [0.25, 0.3) is 0 Å². The molecular weight excluding hydrogens is 314 g/mol. The summed E-state index contributed by atoms with van der Waals surface area (Å²) in [6.45, 7) is 3.84. The van der Waals surface area contributed by atoms with E-state index < -0.39 is 17.6 Å². The predicted molar refractivity (Wildman–Crippen MR) is 81.6 cm³/mol. The first-order valence-electron chi connectivity index (χ1n) is 8.02. The largest absolute Gasteiger partial charge is 0.396 e. The third kappa shape index (κ3) is 1.75. The van der Waals surface area contributed by atoms with E-state index in [4.69, 9.17) is 19.9 Å². The Labute approximate surface area is 137 Å². The smallest absolute Gasteiger partial charge is 0.167 e. The summed E-state index contributed by atoms with van der Waals surface area (Å²) < 4.78 is 20.3. The SMILES string of the molecule is CC1(C)OC2[C@H](O1)[C@H](n1cnc3c(N)ncnc31)O[C@]21CC1CO. The average Bonchev–Trinajstić information content (AvgIpc) is 2.78. The van der Waals surface area contributed by atoms with Gasteiger partial charge in [-0.1, -0.05) is 0 Å². The Morgan fingerprint density at radius 1 is 1.29 bits per heavy atom. The zero-order valence-electron chi connectivity index (χ0n) is 13.4. The molecule has 24 heavy (non-hydrogen) atoms. The normalized spacial score (nSPS) is 39.6. The number of hydrogen-bond acceptors (Lipinski definition) is 8. The van der Waals surface area contributed by atoms with Crippen LogP contribution < -0.4 is 5.73 Å². The second-order valence-corrected chi connectivity index (χ2v) is 7.15. The standard InChI is InChI=1S/C15H19N5O4/c1-14(2)22-9-10(23-14)15(3-7(15)4-21)24-13(9)20-6-19-8-11(16)17-5-18-12(8)20/h5-7,9-10,13,21H,3-4H2,1-2H3,(H2,16,17,18)/t7?,9-,10?,13+,15-/m0/s1. The van der Waals surface area contributed by atoms with Crippen molar-refractivity contribution in [1.29, 1.82) is 0 Å². The summed E-state index contributed by atoms with van der Waals surface area (Å²) in [5.41, 5.74) is 6.49. The van der Waals surface area contributed by atoms with Crippen molar-refractivity contribution in [2.45, 2.75) is 50.1 Å². The lowest BCUT2D eigenvalue weighted by Gasteiger charge is -2.25. The van der Waals surface area contributed by atoms with Crippen LogP contribution in [0.3, 0.4) is 0 Å². The Morgan fingerprint density at radius 2 is 2.12 bits per heavy atom. The fraction of sp³-hybridized carbons (Fsp3) is 0.667. The zero-order valence-corrected chi connectivity index (χ0v) is 13.4. The number of ether oxygens (including phenoxy) is 3. The first-order chi connectivity index (χ1) is 11.5. The van der Waals surface area contributed by atoms with Crippen molar-refractivity contribution in [2.75, 3.05) is 12.3 Å². The van der Waals surface area contributed by atoms with Crippen molar-refractivity contribution >= 4 is 17.0 Å². The number of imidazole rings is 1. The fourth-order valence-electron chi connectivity index (χ4n) is 4.04. The molecule has 2 aromatic heterocycles. The van der Waals surface area contributed by atoms with Gasteiger partial charge in [-0.2, -0.15) is 0 Å². The molecule has 2 aromatic rings. The van der Waals surface area contributed by atoms with E-state index in [1.165, 1.54) is 6.33 Å². The van der Waals surface area contributed by atoms with E-state index >= 15 is 0 Å². The van der Waals surface area contributed by atoms with Crippen LogP contribution in [0.1, 0.15) is 26.5 Å². The summed E-state index contributed by atoms with van der Waals surface area (Å²) in [6, 6.07) is 0. The van der Waals surface area contributed by atoms with E-state index in [1.807, 2.05) is 18.4 Å². The lowest BCUT2D eigenvalue weighted by atomic mass is 10.1. The molecule has 5 rings (SSSR count). The van der Waals surface area contributed by atoms with E-state index in [2.05, 4.69) is 15.0 Å². The predicted octanol–water partition coefficient (Wildman–Crippen LogP) is 0.208. The molecule has 0 aromatic carbocycles. The number of fused-ring (bicyclic) bond motifs is 3. The summed E-state index contributed by atoms with van der Waals surface area (Å²) in [5, 5.41) is 9.57. The van der Waals surface area contributed by atoms with Gasteiger partial charge in [-0.25, -0.2) is 15.0 Å². The maximum atomic E-state index is 9.57. The third-order valence-corrected chi connectivity index (χ3v) is 5.21. The molecule has 2 saturated heterocycles. The molecule has 1 spiro atoms. The Kier molecular flexibility index (Phi) is 2.68. The van der Waals surface area contributed by atoms with Crippen LogP contribution in [-0.2, 0) is 14.2 Å². The van der Waals surface area contributed by atoms with Gasteiger partial charge in [-0.15, -0.1) is 0 Å². The number of rotatable bonds is 2. The molecule has 3 fully saturated rings. The molecular formula is C15H19N5O4. The minimum atomic E-state index is -0.697. The highest BCUT2D eigenvalue weighted by molar-refractivity contribution is 5.81. The summed E-state index contributed by atoms with van der Waals surface area (Å²) in [6.07, 6.45) is 2.83. The first kappa shape index (κ1) is 14.5. The summed E-state index contributed by atoms with van der Waals surface area (Å²) in [7, 11) is 0. The molecule has 4 heterocycles. The fourth-order valence-corrected chi connectivity index (χ4v) is 4.04. The molecule has 2 aliphatic heterocycles. The van der Waals surface area contributed by atoms with E-state index in [-0.39, 0.29) is 24.7 Å². The topological polar surface area (TPSA) is 118 Å². The lowest BCUT2D eigenvalue weighted by molar-refractivity contribution is -0.204. The monoisotopic (exact) mass is 333 g/mol. The highest BCUT2D eigenvalue weighted by Gasteiger charge is 2.73. The van der Waals surface area contributed by atoms with Gasteiger partial charge in [-0.05, 0) is 20.3 Å². The van der Waals surface area contributed by atoms with E-state index in [9.17, 15) is 5.11 Å². The number of hydrogen-bond donors (Lipinski definition) is 2. The molecule has 3 aliphatic rings. The molecule has 128 valence electrons. The maximum absolute atomic E-state index is 9.57. The molecule has 0 bridgehead atoms. The van der Waals surface area contributed by atoms with E-state index in [0.717, 1.165) is 6.42 Å². The van der Waals surface area contributed by atoms with Gasteiger partial charge < -0.3 is 25.1 Å². The van der Waals surface area contributed by atoms with Crippen LogP contribution in [0.2, 0.25) is 0 Å². The summed E-state index contributed by atoms with van der Waals surface area (Å²) in [5.74, 6) is -0.314. The minimum absolute atomic E-state index is 0.0574. The molecule has 2 unspecified atom stereocenters. The number of nitrogen functional groups attached to an aromatic ring is 1. The van der Waals surface area contributed by atoms with Crippen molar-refractivity contribution in [3.05, 3.63) is 12.7 Å². The van der Waals surface area contributed by atoms with Gasteiger partial charge in [-0.3, -0.25) is 4.57 Å². The highest BCUT2D eigenvalue weighted by atomic mass is 16.8. The van der Waals surface area contributed by atoms with Crippen molar-refractivity contribution in [3.63, 3.8) is 0 Å². The third-order valence-electron chi connectivity index (χ3n) is 5.21. The second kappa shape index (κ2) is 4.42. The zero-order chi connectivity index (χ0) is 16.7. The quantitative estimate of drug-likeness (QED) is 0.801. The van der Waals surface area contributed by atoms with Crippen molar-refractivity contribution in [3.8, 4) is 0 Å². The van der Waals surface area contributed by atoms with Gasteiger partial charge in [0.1, 0.15) is 29.7 Å². The molecule has 1 aliphatic carbocycles. The van der Waals surface area contributed by atoms with Crippen LogP contribution in [0.15, 0.2) is 12.7 Å². The lowest BCUT2D eigenvalue weighted by Crippen LogP contribution is -2.33. The van der Waals surface area contributed by atoms with Gasteiger partial charge in [0, 0.05) is 12.5 Å². The number of aromatic nitrogens is 4. The Hall–Kier alpha value is -1.81. The van der Waals surface area contributed by atoms with Crippen LogP contribution in [0.4, 0.5) is 5.82 Å². The van der Waals surface area contributed by atoms with Crippen LogP contribution in [0.5, 0.6) is 0 Å². The van der Waals surface area contributed by atoms with Gasteiger partial charge >= 0.3 is 0 Å². The number of aliphatic hydroxyl groups excluding tert-OH is 1. The van der Waals surface area contributed by atoms with E-state index in [1.54, 1.807) is 6.33 Å². The highest BCUT2D eigenvalue weighted by Crippen LogP contribution is 2.62. The van der Waals surface area contributed by atoms with Crippen LogP contribution >= 0.6 is 0 Å². The van der Waals surface area contributed by atoms with Crippen LogP contribution in [0, 0.1) is 5.92 Å². The molecule has 0 radical (unpaired) electrons.